The molecule has 0 heterocycles. The maximum absolute atomic E-state index is 12.1. The molecule has 0 saturated heterocycles. The summed E-state index contributed by atoms with van der Waals surface area (Å²) < 4.78 is 26.9. The highest BCUT2D eigenvalue weighted by molar-refractivity contribution is 7.89. The Morgan fingerprint density at radius 1 is 1.15 bits per heavy atom. The van der Waals surface area contributed by atoms with Gasteiger partial charge in [0.25, 0.3) is 0 Å². The number of unbranched alkanes of at least 4 members (excludes halogenated alkanes) is 2. The first-order valence-corrected chi connectivity index (χ1v) is 8.54. The predicted octanol–water partition coefficient (Wildman–Crippen LogP) is 3.28. The van der Waals surface area contributed by atoms with Crippen molar-refractivity contribution in [1.29, 1.82) is 0 Å². The molecule has 1 aromatic rings. The zero-order valence-corrected chi connectivity index (χ0v) is 13.3. The van der Waals surface area contributed by atoms with Crippen LogP contribution in [-0.2, 0) is 10.0 Å². The van der Waals surface area contributed by atoms with Crippen molar-refractivity contribution in [2.24, 2.45) is 5.41 Å². The van der Waals surface area contributed by atoms with E-state index in [0.29, 0.717) is 6.54 Å². The van der Waals surface area contributed by atoms with Gasteiger partial charge >= 0.3 is 0 Å². The average molecular weight is 299 g/mol. The van der Waals surface area contributed by atoms with Gasteiger partial charge in [0, 0.05) is 6.54 Å². The number of benzene rings is 1. The lowest BCUT2D eigenvalue weighted by atomic mass is 9.87. The third-order valence-corrected chi connectivity index (χ3v) is 4.76. The van der Waals surface area contributed by atoms with Gasteiger partial charge in [-0.2, -0.15) is 0 Å². The van der Waals surface area contributed by atoms with Crippen molar-refractivity contribution in [3.05, 3.63) is 24.3 Å². The molecule has 0 aliphatic rings. The lowest BCUT2D eigenvalue weighted by Gasteiger charge is -2.24. The van der Waals surface area contributed by atoms with Gasteiger partial charge < -0.3 is 5.11 Å². The predicted molar refractivity (Wildman–Crippen MR) is 81.2 cm³/mol. The highest BCUT2D eigenvalue weighted by Crippen LogP contribution is 2.23. The molecule has 2 N–H and O–H groups in total. The molecule has 0 saturated carbocycles. The molecule has 0 spiro atoms. The molecule has 114 valence electrons. The van der Waals surface area contributed by atoms with E-state index in [0.717, 1.165) is 19.3 Å². The second-order valence-corrected chi connectivity index (χ2v) is 7.71. The molecule has 0 unspecified atom stereocenters. The Bertz CT molecular complexity index is 506. The fourth-order valence-electron chi connectivity index (χ4n) is 1.94. The minimum atomic E-state index is -3.50. The van der Waals surface area contributed by atoms with Gasteiger partial charge in [0.15, 0.2) is 0 Å². The van der Waals surface area contributed by atoms with E-state index < -0.39 is 10.0 Å². The average Bonchev–Trinajstić information content (AvgIpc) is 2.37. The number of nitrogens with one attached hydrogen (secondary N) is 1. The fraction of sp³-hybridized carbons (Fsp3) is 0.600. The van der Waals surface area contributed by atoms with Crippen molar-refractivity contribution in [3.63, 3.8) is 0 Å². The second kappa shape index (κ2) is 7.09. The summed E-state index contributed by atoms with van der Waals surface area (Å²) in [5, 5.41) is 9.19. The highest BCUT2D eigenvalue weighted by atomic mass is 32.2. The van der Waals surface area contributed by atoms with Crippen LogP contribution >= 0.6 is 0 Å². The van der Waals surface area contributed by atoms with Crippen LogP contribution in [0.5, 0.6) is 5.75 Å². The van der Waals surface area contributed by atoms with Crippen LogP contribution in [0.3, 0.4) is 0 Å². The fourth-order valence-corrected chi connectivity index (χ4v) is 3.18. The molecule has 0 amide bonds. The van der Waals surface area contributed by atoms with Crippen molar-refractivity contribution < 1.29 is 13.5 Å². The minimum absolute atomic E-state index is 0.0564. The lowest BCUT2D eigenvalue weighted by Crippen LogP contribution is -2.34. The third kappa shape index (κ3) is 5.51. The zero-order chi connectivity index (χ0) is 15.2. The molecule has 0 bridgehead atoms. The first-order chi connectivity index (χ1) is 9.27. The summed E-state index contributed by atoms with van der Waals surface area (Å²) in [7, 11) is -3.50. The molecule has 0 fully saturated rings. The summed E-state index contributed by atoms with van der Waals surface area (Å²) in [6, 6.07) is 5.56. The van der Waals surface area contributed by atoms with E-state index in [1.807, 2.05) is 0 Å². The number of hydrogen-bond acceptors (Lipinski definition) is 3. The third-order valence-electron chi connectivity index (χ3n) is 3.34. The van der Waals surface area contributed by atoms with Gasteiger partial charge in [0.05, 0.1) is 4.90 Å². The smallest absolute Gasteiger partial charge is 0.240 e. The van der Waals surface area contributed by atoms with E-state index in [9.17, 15) is 13.5 Å². The Kier molecular flexibility index (Phi) is 6.02. The van der Waals surface area contributed by atoms with Gasteiger partial charge in [0.2, 0.25) is 10.0 Å². The highest BCUT2D eigenvalue weighted by Gasteiger charge is 2.21. The van der Waals surface area contributed by atoms with Gasteiger partial charge in [-0.15, -0.1) is 0 Å². The van der Waals surface area contributed by atoms with Gasteiger partial charge in [-0.1, -0.05) is 40.0 Å². The van der Waals surface area contributed by atoms with E-state index in [2.05, 4.69) is 25.5 Å². The van der Waals surface area contributed by atoms with Crippen molar-refractivity contribution >= 4 is 10.0 Å². The monoisotopic (exact) mass is 299 g/mol. The number of aromatic hydroxyl groups is 1. The van der Waals surface area contributed by atoms with Crippen LogP contribution in [0.2, 0.25) is 0 Å². The number of hydrogen-bond donors (Lipinski definition) is 2. The molecule has 0 aliphatic carbocycles. The molecule has 0 aromatic heterocycles. The molecule has 0 aliphatic heterocycles. The Hall–Kier alpha value is -1.07. The van der Waals surface area contributed by atoms with Crippen LogP contribution in [0.25, 0.3) is 0 Å². The van der Waals surface area contributed by atoms with Crippen molar-refractivity contribution in [2.45, 2.75) is 51.3 Å². The Labute approximate surface area is 122 Å². The van der Waals surface area contributed by atoms with Crippen molar-refractivity contribution in [3.8, 4) is 5.75 Å². The van der Waals surface area contributed by atoms with Crippen molar-refractivity contribution in [1.82, 2.24) is 4.72 Å². The number of sulfonamides is 1. The maximum atomic E-state index is 12.1. The standard InChI is InChI=1S/C15H25NO3S/c1-4-5-6-11-15(2,3)12-16-20(18,19)14-9-7-13(17)8-10-14/h7-10,16-17H,4-6,11-12H2,1-3H3. The lowest BCUT2D eigenvalue weighted by molar-refractivity contribution is 0.320. The summed E-state index contributed by atoms with van der Waals surface area (Å²) in [6.45, 7) is 6.71. The SMILES string of the molecule is CCCCCC(C)(C)CNS(=O)(=O)c1ccc(O)cc1. The van der Waals surface area contributed by atoms with E-state index in [1.165, 1.54) is 30.7 Å². The normalized spacial score (nSPS) is 12.6. The Morgan fingerprint density at radius 3 is 2.30 bits per heavy atom. The van der Waals surface area contributed by atoms with E-state index in [-0.39, 0.29) is 16.1 Å². The summed E-state index contributed by atoms with van der Waals surface area (Å²) in [5.74, 6) is 0.0591. The second-order valence-electron chi connectivity index (χ2n) is 5.94. The van der Waals surface area contributed by atoms with Crippen LogP contribution in [0, 0.1) is 5.41 Å². The first-order valence-electron chi connectivity index (χ1n) is 7.05. The molecule has 1 aromatic carbocycles. The largest absolute Gasteiger partial charge is 0.508 e. The first kappa shape index (κ1) is 17.0. The van der Waals surface area contributed by atoms with Gasteiger partial charge in [-0.3, -0.25) is 0 Å². The zero-order valence-electron chi connectivity index (χ0n) is 12.5. The number of phenolic OH excluding ortho intramolecular Hbond substituents is 1. The quantitative estimate of drug-likeness (QED) is 0.724. The van der Waals surface area contributed by atoms with Crippen LogP contribution in [0.1, 0.15) is 46.5 Å². The number of phenols is 1. The van der Waals surface area contributed by atoms with Crippen molar-refractivity contribution in [2.75, 3.05) is 6.54 Å². The molecule has 5 heteroatoms. The summed E-state index contributed by atoms with van der Waals surface area (Å²) in [5.41, 5.74) is -0.0564. The molecule has 20 heavy (non-hydrogen) atoms. The minimum Gasteiger partial charge on any atom is -0.508 e. The number of rotatable bonds is 8. The van der Waals surface area contributed by atoms with E-state index in [4.69, 9.17) is 0 Å². The van der Waals surface area contributed by atoms with Gasteiger partial charge in [-0.05, 0) is 36.1 Å². The Balaban J connectivity index is 2.61. The molecular weight excluding hydrogens is 274 g/mol. The molecular formula is C15H25NO3S. The molecule has 0 atom stereocenters. The van der Waals surface area contributed by atoms with E-state index >= 15 is 0 Å². The van der Waals surface area contributed by atoms with Crippen LogP contribution < -0.4 is 4.72 Å². The summed E-state index contributed by atoms with van der Waals surface area (Å²) in [4.78, 5) is 0.180. The van der Waals surface area contributed by atoms with Crippen LogP contribution in [-0.4, -0.2) is 20.1 Å². The van der Waals surface area contributed by atoms with Gasteiger partial charge in [0.1, 0.15) is 5.75 Å². The maximum Gasteiger partial charge on any atom is 0.240 e. The van der Waals surface area contributed by atoms with Gasteiger partial charge in [-0.25, -0.2) is 13.1 Å². The topological polar surface area (TPSA) is 66.4 Å². The Morgan fingerprint density at radius 2 is 1.75 bits per heavy atom. The van der Waals surface area contributed by atoms with Crippen LogP contribution in [0.15, 0.2) is 29.2 Å². The van der Waals surface area contributed by atoms with E-state index in [1.54, 1.807) is 0 Å². The molecule has 0 radical (unpaired) electrons. The summed E-state index contributed by atoms with van der Waals surface area (Å²) in [6.07, 6.45) is 4.45. The molecule has 4 nitrogen and oxygen atoms in total. The molecule has 1 rings (SSSR count). The van der Waals surface area contributed by atoms with Crippen LogP contribution in [0.4, 0.5) is 0 Å². The summed E-state index contributed by atoms with van der Waals surface area (Å²) >= 11 is 0.